The highest BCUT2D eigenvalue weighted by molar-refractivity contribution is 5.98. The summed E-state index contributed by atoms with van der Waals surface area (Å²) in [5.74, 6) is 0.0398. The van der Waals surface area contributed by atoms with Crippen LogP contribution in [-0.2, 0) is 21.5 Å². The molecule has 0 unspecified atom stereocenters. The third kappa shape index (κ3) is 3.50. The summed E-state index contributed by atoms with van der Waals surface area (Å²) >= 11 is 0. The quantitative estimate of drug-likeness (QED) is 0.840. The molecule has 25 heavy (non-hydrogen) atoms. The molecule has 0 spiro atoms. The molecule has 0 atom stereocenters. The lowest BCUT2D eigenvalue weighted by atomic mass is 9.78. The van der Waals surface area contributed by atoms with Gasteiger partial charge in [-0.15, -0.1) is 0 Å². The number of aliphatic carboxylic acids is 1. The number of amides is 1. The van der Waals surface area contributed by atoms with Crippen LogP contribution in [0.25, 0.3) is 0 Å². The molecule has 0 bridgehead atoms. The first kappa shape index (κ1) is 17.0. The lowest BCUT2D eigenvalue weighted by molar-refractivity contribution is -0.137. The zero-order valence-electron chi connectivity index (χ0n) is 14.1. The van der Waals surface area contributed by atoms with E-state index in [0.717, 1.165) is 37.0 Å². The second-order valence-electron chi connectivity index (χ2n) is 6.26. The number of rotatable bonds is 6. The van der Waals surface area contributed by atoms with E-state index in [1.807, 2.05) is 24.3 Å². The number of carbonyl (C=O) groups is 2. The Hall–Kier alpha value is -2.83. The summed E-state index contributed by atoms with van der Waals surface area (Å²) in [7, 11) is 1.61. The Morgan fingerprint density at radius 3 is 2.52 bits per heavy atom. The highest BCUT2D eigenvalue weighted by Crippen LogP contribution is 2.42. The summed E-state index contributed by atoms with van der Waals surface area (Å²) < 4.78 is 6.48. The van der Waals surface area contributed by atoms with Crippen molar-refractivity contribution in [3.63, 3.8) is 0 Å². The third-order valence-corrected chi connectivity index (χ3v) is 4.71. The van der Waals surface area contributed by atoms with Crippen LogP contribution in [0.5, 0.6) is 5.75 Å². The van der Waals surface area contributed by atoms with Crippen molar-refractivity contribution < 1.29 is 19.4 Å². The molecule has 1 aliphatic rings. The number of nitrogens with one attached hydrogen (secondary N) is 1. The first-order chi connectivity index (χ1) is 12.0. The summed E-state index contributed by atoms with van der Waals surface area (Å²) in [6.07, 6.45) is 5.08. The molecule has 7 nitrogen and oxygen atoms in total. The average Bonchev–Trinajstić information content (AvgIpc) is 3.25. The van der Waals surface area contributed by atoms with E-state index in [4.69, 9.17) is 9.84 Å². The van der Waals surface area contributed by atoms with Gasteiger partial charge >= 0.3 is 5.97 Å². The number of ether oxygens (including phenoxy) is 1. The van der Waals surface area contributed by atoms with E-state index in [1.165, 1.54) is 4.68 Å². The zero-order chi connectivity index (χ0) is 17.9. The van der Waals surface area contributed by atoms with Crippen molar-refractivity contribution in [1.82, 2.24) is 9.78 Å². The van der Waals surface area contributed by atoms with Crippen molar-refractivity contribution in [1.29, 1.82) is 0 Å². The Kier molecular flexibility index (Phi) is 4.74. The highest BCUT2D eigenvalue weighted by Gasteiger charge is 2.42. The smallest absolute Gasteiger partial charge is 0.325 e. The van der Waals surface area contributed by atoms with Crippen molar-refractivity contribution in [2.24, 2.45) is 0 Å². The second kappa shape index (κ2) is 6.96. The molecule has 1 saturated carbocycles. The molecule has 2 N–H and O–H groups in total. The molecule has 1 fully saturated rings. The van der Waals surface area contributed by atoms with Gasteiger partial charge in [-0.2, -0.15) is 5.10 Å². The molecule has 132 valence electrons. The molecule has 3 rings (SSSR count). The Balaban J connectivity index is 1.81. The summed E-state index contributed by atoms with van der Waals surface area (Å²) in [5.41, 5.74) is 0.385. The van der Waals surface area contributed by atoms with E-state index < -0.39 is 11.4 Å². The molecule has 1 aromatic carbocycles. The van der Waals surface area contributed by atoms with E-state index in [1.54, 1.807) is 19.4 Å². The van der Waals surface area contributed by atoms with E-state index in [0.29, 0.717) is 5.82 Å². The number of hydrogen-bond acceptors (Lipinski definition) is 4. The third-order valence-electron chi connectivity index (χ3n) is 4.71. The average molecular weight is 343 g/mol. The van der Waals surface area contributed by atoms with Gasteiger partial charge in [-0.05, 0) is 30.5 Å². The van der Waals surface area contributed by atoms with Crippen LogP contribution in [0.2, 0.25) is 0 Å². The first-order valence-corrected chi connectivity index (χ1v) is 8.25. The van der Waals surface area contributed by atoms with Crippen molar-refractivity contribution in [2.75, 3.05) is 12.4 Å². The van der Waals surface area contributed by atoms with Gasteiger partial charge in [0, 0.05) is 12.3 Å². The lowest BCUT2D eigenvalue weighted by Gasteiger charge is -2.28. The summed E-state index contributed by atoms with van der Waals surface area (Å²) in [6, 6.07) is 9.21. The largest absolute Gasteiger partial charge is 0.497 e. The van der Waals surface area contributed by atoms with Gasteiger partial charge < -0.3 is 15.2 Å². The molecule has 7 heteroatoms. The van der Waals surface area contributed by atoms with E-state index in [-0.39, 0.29) is 12.5 Å². The monoisotopic (exact) mass is 343 g/mol. The van der Waals surface area contributed by atoms with Crippen molar-refractivity contribution in [3.8, 4) is 5.75 Å². The molecular formula is C18H21N3O4. The van der Waals surface area contributed by atoms with Gasteiger partial charge in [0.1, 0.15) is 12.3 Å². The minimum absolute atomic E-state index is 0.101. The number of nitrogens with zero attached hydrogens (tertiary/aromatic N) is 2. The standard InChI is InChI=1S/C18H21N3O4/c1-25-14-6-4-13(5-7-14)18(9-2-3-10-18)17(24)19-15-8-11-21(20-15)12-16(22)23/h4-8,11H,2-3,9-10,12H2,1H3,(H,22,23)(H,19,20,24). The summed E-state index contributed by atoms with van der Waals surface area (Å²) in [6.45, 7) is -0.237. The maximum absolute atomic E-state index is 13.0. The fourth-order valence-corrected chi connectivity index (χ4v) is 3.43. The zero-order valence-corrected chi connectivity index (χ0v) is 14.1. The van der Waals surface area contributed by atoms with Gasteiger partial charge in [0.25, 0.3) is 0 Å². The maximum Gasteiger partial charge on any atom is 0.325 e. The topological polar surface area (TPSA) is 93.5 Å². The van der Waals surface area contributed by atoms with Gasteiger partial charge in [0.2, 0.25) is 5.91 Å². The minimum atomic E-state index is -0.980. The molecule has 0 radical (unpaired) electrons. The number of carboxylic acids is 1. The van der Waals surface area contributed by atoms with E-state index >= 15 is 0 Å². The van der Waals surface area contributed by atoms with E-state index in [2.05, 4.69) is 10.4 Å². The highest BCUT2D eigenvalue weighted by atomic mass is 16.5. The van der Waals surface area contributed by atoms with Gasteiger partial charge in [-0.25, -0.2) is 0 Å². The number of aromatic nitrogens is 2. The van der Waals surface area contributed by atoms with Crippen LogP contribution < -0.4 is 10.1 Å². The molecule has 1 amide bonds. The number of hydrogen-bond donors (Lipinski definition) is 2. The Labute approximate surface area is 145 Å². The lowest BCUT2D eigenvalue weighted by Crippen LogP contribution is -2.38. The number of methoxy groups -OCH3 is 1. The SMILES string of the molecule is COc1ccc(C2(C(=O)Nc3ccn(CC(=O)O)n3)CCCC2)cc1. The van der Waals surface area contributed by atoms with Crippen LogP contribution in [0.4, 0.5) is 5.82 Å². The molecule has 1 aromatic heterocycles. The van der Waals surface area contributed by atoms with Gasteiger partial charge in [-0.1, -0.05) is 25.0 Å². The number of benzene rings is 1. The van der Waals surface area contributed by atoms with Gasteiger partial charge in [0.05, 0.1) is 12.5 Å². The Morgan fingerprint density at radius 2 is 1.92 bits per heavy atom. The summed E-state index contributed by atoms with van der Waals surface area (Å²) in [5, 5.41) is 15.8. The predicted octanol–water partition coefficient (Wildman–Crippen LogP) is 2.43. The van der Waals surface area contributed by atoms with Gasteiger partial charge in [0.15, 0.2) is 5.82 Å². The Bertz CT molecular complexity index is 761. The molecule has 0 aliphatic heterocycles. The van der Waals surface area contributed by atoms with Crippen LogP contribution in [0.1, 0.15) is 31.2 Å². The van der Waals surface area contributed by atoms with Crippen LogP contribution in [0, 0.1) is 0 Å². The molecule has 2 aromatic rings. The van der Waals surface area contributed by atoms with E-state index in [9.17, 15) is 9.59 Å². The molecule has 0 saturated heterocycles. The second-order valence-corrected chi connectivity index (χ2v) is 6.26. The van der Waals surface area contributed by atoms with Crippen LogP contribution >= 0.6 is 0 Å². The Morgan fingerprint density at radius 1 is 1.24 bits per heavy atom. The van der Waals surface area contributed by atoms with Crippen LogP contribution in [0.15, 0.2) is 36.5 Å². The van der Waals surface area contributed by atoms with Gasteiger partial charge in [-0.3, -0.25) is 14.3 Å². The van der Waals surface area contributed by atoms with Crippen molar-refractivity contribution >= 4 is 17.7 Å². The molecule has 1 heterocycles. The number of carboxylic acid groups (broad SMARTS) is 1. The number of carbonyl (C=O) groups excluding carboxylic acids is 1. The minimum Gasteiger partial charge on any atom is -0.497 e. The van der Waals surface area contributed by atoms with Crippen LogP contribution in [-0.4, -0.2) is 33.9 Å². The van der Waals surface area contributed by atoms with Crippen molar-refractivity contribution in [3.05, 3.63) is 42.1 Å². The fraction of sp³-hybridized carbons (Fsp3) is 0.389. The number of anilines is 1. The predicted molar refractivity (Wildman–Crippen MR) is 91.6 cm³/mol. The van der Waals surface area contributed by atoms with Crippen molar-refractivity contribution in [2.45, 2.75) is 37.6 Å². The summed E-state index contributed by atoms with van der Waals surface area (Å²) in [4.78, 5) is 23.8. The molecule has 1 aliphatic carbocycles. The normalized spacial score (nSPS) is 15.7. The van der Waals surface area contributed by atoms with Crippen LogP contribution in [0.3, 0.4) is 0 Å². The molecular weight excluding hydrogens is 322 g/mol. The first-order valence-electron chi connectivity index (χ1n) is 8.25. The maximum atomic E-state index is 13.0. The fourth-order valence-electron chi connectivity index (χ4n) is 3.43.